The average Bonchev–Trinajstić information content (AvgIpc) is 3.16. The molecule has 0 radical (unpaired) electrons. The summed E-state index contributed by atoms with van der Waals surface area (Å²) < 4.78 is 5.64. The zero-order chi connectivity index (χ0) is 12.5. The number of nitrogens with zero attached hydrogens (tertiary/aromatic N) is 2. The van der Waals surface area contributed by atoms with Crippen LogP contribution >= 0.6 is 24.0 Å². The van der Waals surface area contributed by atoms with E-state index in [1.807, 2.05) is 25.2 Å². The van der Waals surface area contributed by atoms with E-state index in [-0.39, 0.29) is 24.0 Å². The lowest BCUT2D eigenvalue weighted by molar-refractivity contribution is 0.332. The monoisotopic (exact) mass is 373 g/mol. The Morgan fingerprint density at radius 3 is 2.89 bits per heavy atom. The highest BCUT2D eigenvalue weighted by Crippen LogP contribution is 2.33. The van der Waals surface area contributed by atoms with Gasteiger partial charge in [0.2, 0.25) is 0 Å². The first kappa shape index (κ1) is 14.4. The van der Waals surface area contributed by atoms with Crippen molar-refractivity contribution in [1.29, 1.82) is 0 Å². The molecule has 2 aliphatic rings. The molecule has 1 fully saturated rings. The highest BCUT2D eigenvalue weighted by molar-refractivity contribution is 14.0. The van der Waals surface area contributed by atoms with Crippen molar-refractivity contribution in [2.45, 2.75) is 24.8 Å². The van der Waals surface area contributed by atoms with Crippen LogP contribution < -0.4 is 10.5 Å². The molecule has 1 aliphatic carbocycles. The summed E-state index contributed by atoms with van der Waals surface area (Å²) in [6.45, 7) is 1.42. The maximum absolute atomic E-state index is 5.99. The van der Waals surface area contributed by atoms with Gasteiger partial charge in [-0.15, -0.1) is 24.0 Å². The van der Waals surface area contributed by atoms with Crippen LogP contribution in [0.15, 0.2) is 29.3 Å². The van der Waals surface area contributed by atoms with Crippen LogP contribution in [0.4, 0.5) is 0 Å². The zero-order valence-electron chi connectivity index (χ0n) is 11.1. The second kappa shape index (κ2) is 5.98. The van der Waals surface area contributed by atoms with Crippen molar-refractivity contribution in [3.05, 3.63) is 29.8 Å². The van der Waals surface area contributed by atoms with Gasteiger partial charge in [-0.05, 0) is 18.9 Å². The van der Waals surface area contributed by atoms with Gasteiger partial charge in [-0.3, -0.25) is 4.99 Å². The summed E-state index contributed by atoms with van der Waals surface area (Å²) in [6, 6.07) is 8.78. The lowest BCUT2D eigenvalue weighted by atomic mass is 10.0. The van der Waals surface area contributed by atoms with Crippen LogP contribution in [-0.4, -0.2) is 37.1 Å². The van der Waals surface area contributed by atoms with Gasteiger partial charge in [0.15, 0.2) is 5.96 Å². The Labute approximate surface area is 131 Å². The molecule has 19 heavy (non-hydrogen) atoms. The van der Waals surface area contributed by atoms with Gasteiger partial charge in [-0.25, -0.2) is 0 Å². The van der Waals surface area contributed by atoms with Gasteiger partial charge < -0.3 is 15.4 Å². The number of fused-ring (bicyclic) bond motifs is 1. The van der Waals surface area contributed by atoms with E-state index in [9.17, 15) is 0 Å². The minimum atomic E-state index is 0. The molecule has 5 heteroatoms. The van der Waals surface area contributed by atoms with E-state index in [2.05, 4.69) is 16.0 Å². The largest absolute Gasteiger partial charge is 0.493 e. The van der Waals surface area contributed by atoms with E-state index in [1.165, 1.54) is 18.4 Å². The van der Waals surface area contributed by atoms with Gasteiger partial charge in [0.25, 0.3) is 0 Å². The average molecular weight is 373 g/mol. The molecule has 1 atom stereocenters. The molecule has 104 valence electrons. The number of nitrogens with two attached hydrogens (primary N) is 1. The molecular weight excluding hydrogens is 353 g/mol. The van der Waals surface area contributed by atoms with Crippen LogP contribution in [0.1, 0.15) is 24.3 Å². The van der Waals surface area contributed by atoms with E-state index in [4.69, 9.17) is 10.5 Å². The van der Waals surface area contributed by atoms with Crippen LogP contribution in [-0.2, 0) is 0 Å². The van der Waals surface area contributed by atoms with Crippen LogP contribution in [0.3, 0.4) is 0 Å². The van der Waals surface area contributed by atoms with Crippen LogP contribution in [0.2, 0.25) is 0 Å². The van der Waals surface area contributed by atoms with Gasteiger partial charge in [0.05, 0.1) is 13.2 Å². The highest BCUT2D eigenvalue weighted by atomic mass is 127. The van der Waals surface area contributed by atoms with Crippen molar-refractivity contribution >= 4 is 29.9 Å². The van der Waals surface area contributed by atoms with Gasteiger partial charge >= 0.3 is 0 Å². The third kappa shape index (κ3) is 3.13. The maximum atomic E-state index is 5.99. The molecule has 0 saturated heterocycles. The number of aliphatic imine (C=N–C) groups is 1. The molecule has 2 N–H and O–H groups in total. The molecule has 0 bridgehead atoms. The Morgan fingerprint density at radius 1 is 1.42 bits per heavy atom. The number of hydrogen-bond donors (Lipinski definition) is 1. The molecule has 0 aromatic heterocycles. The van der Waals surface area contributed by atoms with Crippen molar-refractivity contribution in [2.75, 3.05) is 20.2 Å². The Morgan fingerprint density at radius 2 is 2.16 bits per heavy atom. The second-order valence-corrected chi connectivity index (χ2v) is 5.09. The SMILES string of the molecule is CN(C(N)=NCC1COc2ccccc21)C1CC1.I. The van der Waals surface area contributed by atoms with Crippen molar-refractivity contribution in [3.8, 4) is 5.75 Å². The summed E-state index contributed by atoms with van der Waals surface area (Å²) in [4.78, 5) is 6.59. The minimum absolute atomic E-state index is 0. The fraction of sp³-hybridized carbons (Fsp3) is 0.500. The lowest BCUT2D eigenvalue weighted by Crippen LogP contribution is -2.36. The fourth-order valence-corrected chi connectivity index (χ4v) is 2.34. The molecule has 0 amide bonds. The van der Waals surface area contributed by atoms with Gasteiger partial charge in [-0.2, -0.15) is 0 Å². The number of benzene rings is 1. The molecule has 1 aliphatic heterocycles. The Hall–Kier alpha value is -0.980. The maximum Gasteiger partial charge on any atom is 0.191 e. The summed E-state index contributed by atoms with van der Waals surface area (Å²) in [6.07, 6.45) is 2.48. The van der Waals surface area contributed by atoms with E-state index in [0.29, 0.717) is 31.1 Å². The van der Waals surface area contributed by atoms with Crippen LogP contribution in [0.5, 0.6) is 5.75 Å². The van der Waals surface area contributed by atoms with Crippen LogP contribution in [0.25, 0.3) is 0 Å². The zero-order valence-corrected chi connectivity index (χ0v) is 13.4. The highest BCUT2D eigenvalue weighted by Gasteiger charge is 2.28. The third-order valence-corrected chi connectivity index (χ3v) is 3.73. The molecule has 1 saturated carbocycles. The number of rotatable bonds is 3. The normalized spacial score (nSPS) is 21.3. The number of halogens is 1. The molecule has 1 aromatic carbocycles. The lowest BCUT2D eigenvalue weighted by Gasteiger charge is -2.17. The van der Waals surface area contributed by atoms with Crippen molar-refractivity contribution < 1.29 is 4.74 Å². The summed E-state index contributed by atoms with van der Waals surface area (Å²) in [7, 11) is 2.02. The van der Waals surface area contributed by atoms with E-state index >= 15 is 0 Å². The van der Waals surface area contributed by atoms with Crippen molar-refractivity contribution in [2.24, 2.45) is 10.7 Å². The summed E-state index contributed by atoms with van der Waals surface area (Å²) >= 11 is 0. The predicted octanol–water partition coefficient (Wildman–Crippen LogP) is 2.19. The number of ether oxygens (including phenoxy) is 1. The number of hydrogen-bond acceptors (Lipinski definition) is 2. The Balaban J connectivity index is 0.00000133. The van der Waals surface area contributed by atoms with Crippen LogP contribution in [0, 0.1) is 0 Å². The molecule has 3 rings (SSSR count). The fourth-order valence-electron chi connectivity index (χ4n) is 2.34. The molecule has 1 unspecified atom stereocenters. The smallest absolute Gasteiger partial charge is 0.191 e. The number of para-hydroxylation sites is 1. The number of guanidine groups is 1. The Bertz CT molecular complexity index is 474. The van der Waals surface area contributed by atoms with Gasteiger partial charge in [-0.1, -0.05) is 18.2 Å². The molecule has 1 heterocycles. The van der Waals surface area contributed by atoms with Crippen molar-refractivity contribution in [1.82, 2.24) is 4.90 Å². The minimum Gasteiger partial charge on any atom is -0.493 e. The predicted molar refractivity (Wildman–Crippen MR) is 87.4 cm³/mol. The first-order valence-corrected chi connectivity index (χ1v) is 6.50. The molecular formula is C14H20IN3O. The molecule has 0 spiro atoms. The molecule has 4 nitrogen and oxygen atoms in total. The van der Waals surface area contributed by atoms with Gasteiger partial charge in [0, 0.05) is 24.6 Å². The first-order chi connectivity index (χ1) is 8.75. The summed E-state index contributed by atoms with van der Waals surface area (Å²) in [5.74, 6) is 1.99. The van der Waals surface area contributed by atoms with E-state index in [0.717, 1.165) is 5.75 Å². The molecule has 1 aromatic rings. The van der Waals surface area contributed by atoms with E-state index < -0.39 is 0 Å². The quantitative estimate of drug-likeness (QED) is 0.502. The van der Waals surface area contributed by atoms with E-state index in [1.54, 1.807) is 0 Å². The summed E-state index contributed by atoms with van der Waals surface area (Å²) in [5, 5.41) is 0. The summed E-state index contributed by atoms with van der Waals surface area (Å²) in [5.41, 5.74) is 7.24. The van der Waals surface area contributed by atoms with Crippen molar-refractivity contribution in [3.63, 3.8) is 0 Å². The topological polar surface area (TPSA) is 50.8 Å². The Kier molecular flexibility index (Phi) is 4.54. The first-order valence-electron chi connectivity index (χ1n) is 6.50. The third-order valence-electron chi connectivity index (χ3n) is 3.73. The van der Waals surface area contributed by atoms with Gasteiger partial charge in [0.1, 0.15) is 5.75 Å². The second-order valence-electron chi connectivity index (χ2n) is 5.09. The standard InChI is InChI=1S/C14H19N3O.HI/c1-17(11-6-7-11)14(15)16-8-10-9-18-13-5-3-2-4-12(10)13;/h2-5,10-11H,6-9H2,1H3,(H2,15,16);1H.